The molecule has 2 N–H and O–H groups in total. The second kappa shape index (κ2) is 7.75. The van der Waals surface area contributed by atoms with Gasteiger partial charge >= 0.3 is 5.97 Å². The Morgan fingerprint density at radius 1 is 1.29 bits per heavy atom. The Labute approximate surface area is 146 Å². The van der Waals surface area contributed by atoms with Crippen LogP contribution in [0.2, 0.25) is 5.02 Å². The lowest BCUT2D eigenvalue weighted by Crippen LogP contribution is -2.43. The molecule has 0 heterocycles. The van der Waals surface area contributed by atoms with Crippen LogP contribution in [0.5, 0.6) is 11.5 Å². The third kappa shape index (κ3) is 4.12. The quantitative estimate of drug-likeness (QED) is 0.664. The average molecular weight is 356 g/mol. The number of aliphatic carboxylic acids is 1. The summed E-state index contributed by atoms with van der Waals surface area (Å²) in [6, 6.07) is 3.00. The smallest absolute Gasteiger partial charge is 0.329 e. The van der Waals surface area contributed by atoms with Crippen molar-refractivity contribution in [1.29, 1.82) is 0 Å². The van der Waals surface area contributed by atoms with E-state index >= 15 is 0 Å². The van der Waals surface area contributed by atoms with Gasteiger partial charge in [-0.2, -0.15) is 0 Å². The van der Waals surface area contributed by atoms with Gasteiger partial charge in [0.1, 0.15) is 5.54 Å². The van der Waals surface area contributed by atoms with E-state index in [0.29, 0.717) is 37.6 Å². The maximum atomic E-state index is 12.4. The summed E-state index contributed by atoms with van der Waals surface area (Å²) in [7, 11) is 0. The predicted molar refractivity (Wildman–Crippen MR) is 90.1 cm³/mol. The number of amides is 1. The zero-order valence-electron chi connectivity index (χ0n) is 13.9. The van der Waals surface area contributed by atoms with Gasteiger partial charge in [0.2, 0.25) is 0 Å². The highest BCUT2D eigenvalue weighted by Crippen LogP contribution is 2.39. The molecule has 6 nitrogen and oxygen atoms in total. The first-order valence-corrected chi connectivity index (χ1v) is 8.46. The van der Waals surface area contributed by atoms with Crippen LogP contribution >= 0.6 is 11.6 Å². The molecule has 1 fully saturated rings. The minimum atomic E-state index is -1.15. The first-order valence-electron chi connectivity index (χ1n) is 8.08. The standard InChI is InChI=1S/C17H22ClNO5/c1-3-5-8-24-14-12(18)9-11(10-13(14)23-4-2)15(20)19-17(6-7-17)16(21)22/h9-10H,3-8H2,1-2H3,(H,19,20)(H,21,22). The van der Waals surface area contributed by atoms with E-state index in [1.165, 1.54) is 12.1 Å². The van der Waals surface area contributed by atoms with E-state index in [2.05, 4.69) is 12.2 Å². The van der Waals surface area contributed by atoms with Gasteiger partial charge in [-0.1, -0.05) is 24.9 Å². The average Bonchev–Trinajstić information content (AvgIpc) is 3.31. The van der Waals surface area contributed by atoms with E-state index in [1.54, 1.807) is 0 Å². The van der Waals surface area contributed by atoms with E-state index in [9.17, 15) is 14.7 Å². The fraction of sp³-hybridized carbons (Fsp3) is 0.529. The molecule has 1 aromatic carbocycles. The van der Waals surface area contributed by atoms with E-state index in [0.717, 1.165) is 12.8 Å². The summed E-state index contributed by atoms with van der Waals surface area (Å²) >= 11 is 6.24. The molecule has 132 valence electrons. The SMILES string of the molecule is CCCCOc1c(Cl)cc(C(=O)NC2(C(=O)O)CC2)cc1OCC. The number of carboxylic acids is 1. The van der Waals surface area contributed by atoms with Gasteiger partial charge in [-0.05, 0) is 38.3 Å². The third-order valence-electron chi connectivity index (χ3n) is 3.83. The molecule has 2 rings (SSSR count). The number of hydrogen-bond donors (Lipinski definition) is 2. The number of carboxylic acid groups (broad SMARTS) is 1. The van der Waals surface area contributed by atoms with Gasteiger partial charge in [0.25, 0.3) is 5.91 Å². The van der Waals surface area contributed by atoms with Crippen molar-refractivity contribution in [2.24, 2.45) is 0 Å². The normalized spacial score (nSPS) is 14.8. The van der Waals surface area contributed by atoms with Crippen LogP contribution in [-0.2, 0) is 4.79 Å². The number of rotatable bonds is 9. The molecule has 1 aliphatic carbocycles. The number of nitrogens with one attached hydrogen (secondary N) is 1. The van der Waals surface area contributed by atoms with Gasteiger partial charge in [-0.15, -0.1) is 0 Å². The van der Waals surface area contributed by atoms with Crippen molar-refractivity contribution >= 4 is 23.5 Å². The van der Waals surface area contributed by atoms with Crippen LogP contribution in [0.3, 0.4) is 0 Å². The lowest BCUT2D eigenvalue weighted by atomic mass is 10.1. The summed E-state index contributed by atoms with van der Waals surface area (Å²) in [4.78, 5) is 23.6. The number of carbonyl (C=O) groups is 2. The number of benzene rings is 1. The zero-order valence-corrected chi connectivity index (χ0v) is 14.6. The molecule has 7 heteroatoms. The van der Waals surface area contributed by atoms with Gasteiger partial charge in [-0.3, -0.25) is 4.79 Å². The molecule has 0 aliphatic heterocycles. The molecule has 0 bridgehead atoms. The lowest BCUT2D eigenvalue weighted by molar-refractivity contribution is -0.140. The first kappa shape index (κ1) is 18.4. The topological polar surface area (TPSA) is 84.9 Å². The summed E-state index contributed by atoms with van der Waals surface area (Å²) < 4.78 is 11.2. The van der Waals surface area contributed by atoms with Crippen LogP contribution in [0.1, 0.15) is 49.9 Å². The fourth-order valence-electron chi connectivity index (χ4n) is 2.23. The summed E-state index contributed by atoms with van der Waals surface area (Å²) in [5.74, 6) is -0.723. The van der Waals surface area contributed by atoms with Crippen molar-refractivity contribution in [2.75, 3.05) is 13.2 Å². The predicted octanol–water partition coefficient (Wildman–Crippen LogP) is 3.26. The van der Waals surface area contributed by atoms with E-state index in [-0.39, 0.29) is 10.6 Å². The summed E-state index contributed by atoms with van der Waals surface area (Å²) in [6.45, 7) is 4.77. The Balaban J connectivity index is 2.21. The van der Waals surface area contributed by atoms with E-state index in [1.807, 2.05) is 6.92 Å². The Hall–Kier alpha value is -1.95. The zero-order chi connectivity index (χ0) is 17.7. The maximum absolute atomic E-state index is 12.4. The molecule has 0 radical (unpaired) electrons. The van der Waals surface area contributed by atoms with Crippen LogP contribution in [0.4, 0.5) is 0 Å². The van der Waals surface area contributed by atoms with Crippen LogP contribution in [0.15, 0.2) is 12.1 Å². The number of carbonyl (C=O) groups excluding carboxylic acids is 1. The highest BCUT2D eigenvalue weighted by atomic mass is 35.5. The van der Waals surface area contributed by atoms with Crippen molar-refractivity contribution < 1.29 is 24.2 Å². The van der Waals surface area contributed by atoms with Crippen molar-refractivity contribution in [1.82, 2.24) is 5.32 Å². The van der Waals surface area contributed by atoms with Crippen LogP contribution in [0, 0.1) is 0 Å². The van der Waals surface area contributed by atoms with Crippen molar-refractivity contribution in [3.63, 3.8) is 0 Å². The van der Waals surface area contributed by atoms with Gasteiger partial charge in [0.05, 0.1) is 18.2 Å². The lowest BCUT2D eigenvalue weighted by Gasteiger charge is -2.16. The molecule has 0 unspecified atom stereocenters. The highest BCUT2D eigenvalue weighted by molar-refractivity contribution is 6.32. The minimum absolute atomic E-state index is 0.249. The van der Waals surface area contributed by atoms with Crippen LogP contribution in [-0.4, -0.2) is 35.7 Å². The van der Waals surface area contributed by atoms with Crippen molar-refractivity contribution in [2.45, 2.75) is 45.1 Å². The second-order valence-electron chi connectivity index (χ2n) is 5.76. The van der Waals surface area contributed by atoms with Gasteiger partial charge in [0.15, 0.2) is 11.5 Å². The molecule has 0 saturated heterocycles. The molecule has 0 atom stereocenters. The number of hydrogen-bond acceptors (Lipinski definition) is 4. The molecule has 1 aromatic rings. The van der Waals surface area contributed by atoms with Gasteiger partial charge in [0, 0.05) is 5.56 Å². The molecular weight excluding hydrogens is 334 g/mol. The largest absolute Gasteiger partial charge is 0.490 e. The Morgan fingerprint density at radius 2 is 2.00 bits per heavy atom. The molecule has 0 aromatic heterocycles. The number of ether oxygens (including phenoxy) is 2. The fourth-order valence-corrected chi connectivity index (χ4v) is 2.49. The number of unbranched alkanes of at least 4 members (excludes halogenated alkanes) is 1. The molecule has 1 saturated carbocycles. The molecule has 1 amide bonds. The molecule has 24 heavy (non-hydrogen) atoms. The summed E-state index contributed by atoms with van der Waals surface area (Å²) in [5, 5.41) is 12.0. The molecule has 1 aliphatic rings. The first-order chi connectivity index (χ1) is 11.4. The van der Waals surface area contributed by atoms with Crippen LogP contribution in [0.25, 0.3) is 0 Å². The van der Waals surface area contributed by atoms with Gasteiger partial charge in [-0.25, -0.2) is 4.79 Å². The van der Waals surface area contributed by atoms with Crippen molar-refractivity contribution in [3.05, 3.63) is 22.7 Å². The Morgan fingerprint density at radius 3 is 2.54 bits per heavy atom. The minimum Gasteiger partial charge on any atom is -0.490 e. The summed E-state index contributed by atoms with van der Waals surface area (Å²) in [6.07, 6.45) is 2.72. The summed E-state index contributed by atoms with van der Waals surface area (Å²) in [5.41, 5.74) is -0.898. The van der Waals surface area contributed by atoms with Gasteiger partial charge < -0.3 is 19.9 Å². The second-order valence-corrected chi connectivity index (χ2v) is 6.17. The molecular formula is C17H22ClNO5. The van der Waals surface area contributed by atoms with E-state index in [4.69, 9.17) is 21.1 Å². The Bertz CT molecular complexity index is 628. The Kier molecular flexibility index (Phi) is 5.94. The van der Waals surface area contributed by atoms with E-state index < -0.39 is 17.4 Å². The number of halogens is 1. The monoisotopic (exact) mass is 355 g/mol. The maximum Gasteiger partial charge on any atom is 0.329 e. The highest BCUT2D eigenvalue weighted by Gasteiger charge is 2.51. The van der Waals surface area contributed by atoms with Crippen molar-refractivity contribution in [3.8, 4) is 11.5 Å². The van der Waals surface area contributed by atoms with Crippen LogP contribution < -0.4 is 14.8 Å². The third-order valence-corrected chi connectivity index (χ3v) is 4.11. The molecule has 0 spiro atoms.